The summed E-state index contributed by atoms with van der Waals surface area (Å²) < 4.78 is 7.57. The summed E-state index contributed by atoms with van der Waals surface area (Å²) >= 11 is 1.24. The van der Waals surface area contributed by atoms with Gasteiger partial charge in [-0.15, -0.1) is 0 Å². The molecule has 0 radical (unpaired) electrons. The molecule has 0 heterocycles. The molecule has 0 fully saturated rings. The predicted octanol–water partition coefficient (Wildman–Crippen LogP) is 3.30. The van der Waals surface area contributed by atoms with Crippen LogP contribution < -0.4 is 5.32 Å². The van der Waals surface area contributed by atoms with E-state index in [2.05, 4.69) is 5.32 Å². The van der Waals surface area contributed by atoms with Crippen molar-refractivity contribution in [3.63, 3.8) is 0 Å². The van der Waals surface area contributed by atoms with E-state index in [0.29, 0.717) is 0 Å². The molecule has 1 N–H and O–H groups in total. The van der Waals surface area contributed by atoms with Crippen LogP contribution in [0.3, 0.4) is 0 Å². The summed E-state index contributed by atoms with van der Waals surface area (Å²) in [7, 11) is 0. The molecule has 74 valence electrons. The molecule has 1 aliphatic carbocycles. The van der Waals surface area contributed by atoms with Crippen molar-refractivity contribution < 1.29 is 6.17 Å². The second-order valence-corrected chi connectivity index (χ2v) is 4.55. The lowest BCUT2D eigenvalue weighted by Gasteiger charge is -2.12. The summed E-state index contributed by atoms with van der Waals surface area (Å²) in [5, 5.41) is 2.83. The van der Waals surface area contributed by atoms with Crippen molar-refractivity contribution in [2.45, 2.75) is 45.5 Å². The first-order valence-corrected chi connectivity index (χ1v) is 5.51. The second-order valence-electron chi connectivity index (χ2n) is 3.45. The zero-order valence-corrected chi connectivity index (χ0v) is 8.99. The Morgan fingerprint density at radius 2 is 2.46 bits per heavy atom. The lowest BCUT2D eigenvalue weighted by molar-refractivity contribution is 0.259. The first-order chi connectivity index (χ1) is 6.58. The van der Waals surface area contributed by atoms with E-state index in [1.54, 1.807) is 0 Å². The van der Waals surface area contributed by atoms with Gasteiger partial charge in [-0.25, -0.2) is 0 Å². The minimum absolute atomic E-state index is 0.000324. The van der Waals surface area contributed by atoms with Crippen LogP contribution in [0.5, 0.6) is 0 Å². The van der Waals surface area contributed by atoms with Crippen molar-refractivity contribution in [2.24, 2.45) is 0 Å². The second kappa shape index (κ2) is 5.32. The number of nitrogens with one attached hydrogen (secondary N) is 1. The fraction of sp³-hybridized carbons (Fsp3) is 0.700. The third kappa shape index (κ3) is 4.36. The van der Waals surface area contributed by atoms with E-state index in [1.807, 2.05) is 19.9 Å². The van der Waals surface area contributed by atoms with E-state index < -0.39 is 0 Å². The van der Waals surface area contributed by atoms with E-state index in [9.17, 15) is 4.79 Å². The number of rotatable bonds is 2. The van der Waals surface area contributed by atoms with Crippen LogP contribution in [0.1, 0.15) is 40.9 Å². The topological polar surface area (TPSA) is 29.1 Å². The molecule has 1 atom stereocenters. The van der Waals surface area contributed by atoms with Crippen LogP contribution in [0.4, 0.5) is 4.79 Å². The van der Waals surface area contributed by atoms with Crippen molar-refractivity contribution in [3.05, 3.63) is 11.0 Å². The molecule has 2 nitrogen and oxygen atoms in total. The highest BCUT2D eigenvalue weighted by Crippen LogP contribution is 2.27. The average Bonchev–Trinajstić information content (AvgIpc) is 2.01. The molecule has 0 spiro atoms. The van der Waals surface area contributed by atoms with Crippen molar-refractivity contribution in [3.8, 4) is 0 Å². The van der Waals surface area contributed by atoms with E-state index >= 15 is 0 Å². The quantitative estimate of drug-likeness (QED) is 0.741. The Balaban J connectivity index is 2.39. The minimum atomic E-state index is -0.113. The molecule has 0 aromatic carbocycles. The monoisotopic (exact) mass is 200 g/mol. The maximum Gasteiger partial charge on any atom is 0.283 e. The highest BCUT2D eigenvalue weighted by molar-refractivity contribution is 8.16. The van der Waals surface area contributed by atoms with Crippen LogP contribution in [0, 0.1) is 0 Å². The zero-order chi connectivity index (χ0) is 10.6. The van der Waals surface area contributed by atoms with Gasteiger partial charge in [0.2, 0.25) is 0 Å². The number of allylic oxidation sites excluding steroid dienone is 2. The zero-order valence-electron chi connectivity index (χ0n) is 9.17. The average molecular weight is 200 g/mol. The van der Waals surface area contributed by atoms with Crippen LogP contribution in [0.2, 0.25) is 0 Å². The first-order valence-electron chi connectivity index (χ1n) is 5.27. The molecular formula is C10H17NOS. The highest BCUT2D eigenvalue weighted by atomic mass is 32.2. The fourth-order valence-corrected chi connectivity index (χ4v) is 2.10. The van der Waals surface area contributed by atoms with Crippen LogP contribution in [0.15, 0.2) is 11.0 Å². The lowest BCUT2D eigenvalue weighted by Crippen LogP contribution is -2.26. The molecule has 1 amide bonds. The molecule has 0 aromatic heterocycles. The van der Waals surface area contributed by atoms with Gasteiger partial charge in [0, 0.05) is 7.41 Å². The van der Waals surface area contributed by atoms with Crippen molar-refractivity contribution >= 4 is 17.0 Å². The lowest BCUT2D eigenvalue weighted by atomic mass is 10.1. The SMILES string of the molecule is [2H][C@H]1C=C(SC(=O)NC(C)C)CCC1. The van der Waals surface area contributed by atoms with Crippen LogP contribution in [-0.4, -0.2) is 11.3 Å². The number of hydrogen-bond acceptors (Lipinski definition) is 2. The molecular weight excluding hydrogens is 182 g/mol. The van der Waals surface area contributed by atoms with Crippen molar-refractivity contribution in [1.29, 1.82) is 0 Å². The largest absolute Gasteiger partial charge is 0.345 e. The van der Waals surface area contributed by atoms with Gasteiger partial charge >= 0.3 is 0 Å². The third-order valence-corrected chi connectivity index (χ3v) is 2.63. The van der Waals surface area contributed by atoms with Gasteiger partial charge in [-0.3, -0.25) is 4.79 Å². The normalized spacial score (nSPS) is 23.8. The van der Waals surface area contributed by atoms with E-state index in [0.717, 1.165) is 24.2 Å². The van der Waals surface area contributed by atoms with Crippen LogP contribution >= 0.6 is 11.8 Å². The summed E-state index contributed by atoms with van der Waals surface area (Å²) in [5.41, 5.74) is 0. The number of thioether (sulfide) groups is 1. The smallest absolute Gasteiger partial charge is 0.283 e. The molecule has 0 saturated carbocycles. The van der Waals surface area contributed by atoms with Gasteiger partial charge in [-0.05, 0) is 56.2 Å². The fourth-order valence-electron chi connectivity index (χ4n) is 1.16. The van der Waals surface area contributed by atoms with Gasteiger partial charge in [0.25, 0.3) is 5.24 Å². The summed E-state index contributed by atoms with van der Waals surface area (Å²) in [4.78, 5) is 12.4. The van der Waals surface area contributed by atoms with Gasteiger partial charge in [0.1, 0.15) is 0 Å². The molecule has 1 rings (SSSR count). The maximum absolute atomic E-state index is 11.4. The molecule has 1 aliphatic rings. The van der Waals surface area contributed by atoms with Crippen molar-refractivity contribution in [2.75, 3.05) is 0 Å². The molecule has 13 heavy (non-hydrogen) atoms. The van der Waals surface area contributed by atoms with Gasteiger partial charge in [0.05, 0.1) is 0 Å². The molecule has 0 bridgehead atoms. The summed E-state index contributed by atoms with van der Waals surface area (Å²) in [5.74, 6) is 0. The van der Waals surface area contributed by atoms with Crippen LogP contribution in [0.25, 0.3) is 0 Å². The van der Waals surface area contributed by atoms with E-state index in [4.69, 9.17) is 1.37 Å². The van der Waals surface area contributed by atoms with E-state index in [1.165, 1.54) is 11.8 Å². The Bertz CT molecular complexity index is 240. The maximum atomic E-state index is 11.4. The summed E-state index contributed by atoms with van der Waals surface area (Å²) in [6.45, 7) is 3.89. The molecule has 0 saturated heterocycles. The predicted molar refractivity (Wildman–Crippen MR) is 57.8 cm³/mol. The first kappa shape index (κ1) is 9.13. The number of carbonyl (C=O) groups is 1. The Labute approximate surface area is 85.6 Å². The Hall–Kier alpha value is -0.440. The number of hydrogen-bond donors (Lipinski definition) is 1. The van der Waals surface area contributed by atoms with E-state index in [-0.39, 0.29) is 17.7 Å². The molecule has 0 unspecified atom stereocenters. The Kier molecular flexibility index (Phi) is 3.74. The Morgan fingerprint density at radius 1 is 1.69 bits per heavy atom. The third-order valence-electron chi connectivity index (χ3n) is 1.73. The number of amides is 1. The van der Waals surface area contributed by atoms with Gasteiger partial charge in [0.15, 0.2) is 0 Å². The highest BCUT2D eigenvalue weighted by Gasteiger charge is 2.10. The van der Waals surface area contributed by atoms with Crippen molar-refractivity contribution in [1.82, 2.24) is 5.32 Å². The molecule has 0 aliphatic heterocycles. The van der Waals surface area contributed by atoms with Gasteiger partial charge in [-0.1, -0.05) is 6.08 Å². The van der Waals surface area contributed by atoms with Gasteiger partial charge in [-0.2, -0.15) is 0 Å². The minimum Gasteiger partial charge on any atom is -0.345 e. The standard InChI is InChI=1S/C10H17NOS/c1-8(2)11-10(12)13-9-6-4-3-5-7-9/h6,8H,3-5,7H2,1-2H3,(H,11,12)/i4D/t4-/m1/s1. The number of carbonyl (C=O) groups excluding carboxylic acids is 1. The summed E-state index contributed by atoms with van der Waals surface area (Å²) in [6, 6.07) is 0.186. The van der Waals surface area contributed by atoms with Gasteiger partial charge < -0.3 is 5.32 Å². The Morgan fingerprint density at radius 3 is 3.08 bits per heavy atom. The summed E-state index contributed by atoms with van der Waals surface area (Å²) in [6.07, 6.45) is 4.69. The van der Waals surface area contributed by atoms with Crippen LogP contribution in [-0.2, 0) is 0 Å². The molecule has 0 aromatic rings. The molecule has 3 heteroatoms.